The van der Waals surface area contributed by atoms with Crippen molar-refractivity contribution in [1.29, 1.82) is 0 Å². The molecule has 0 aromatic carbocycles. The molecule has 0 rings (SSSR count). The standard InChI is InChI=1S/H3O4P.Ti/c1-5(2,3)4;/h(H3,1,2,3,4);/q;+4/p-2. The maximum absolute atomic E-state index is 8.55. The molecule has 0 aliphatic heterocycles. The van der Waals surface area contributed by atoms with Crippen molar-refractivity contribution in [2.24, 2.45) is 0 Å². The molecule has 6 heavy (non-hydrogen) atoms. The van der Waals surface area contributed by atoms with E-state index in [1.165, 1.54) is 0 Å². The van der Waals surface area contributed by atoms with Crippen LogP contribution >= 0.6 is 7.82 Å². The predicted octanol–water partition coefficient (Wildman–Crippen LogP) is -2.71. The molecule has 0 N–H and O–H groups in total. The van der Waals surface area contributed by atoms with Crippen LogP contribution in [0.25, 0.3) is 0 Å². The SMILES string of the molecule is O=P([O-])([O-])[O-].[H+].[Ti+4]. The average molecular weight is 144 g/mol. The van der Waals surface area contributed by atoms with Gasteiger partial charge in [-0.3, -0.25) is 0 Å². The Morgan fingerprint density at radius 2 is 1.33 bits per heavy atom. The molecule has 0 bridgehead atoms. The molecule has 0 aliphatic rings. The Bertz CT molecular complexity index is 57.8. The molecule has 0 saturated heterocycles. The van der Waals surface area contributed by atoms with E-state index in [4.69, 9.17) is 19.2 Å². The topological polar surface area (TPSA) is 86.2 Å². The Morgan fingerprint density at radius 3 is 1.33 bits per heavy atom. The summed E-state index contributed by atoms with van der Waals surface area (Å²) in [6, 6.07) is 0. The van der Waals surface area contributed by atoms with Gasteiger partial charge in [-0.15, -0.1) is 0 Å². The van der Waals surface area contributed by atoms with Crippen LogP contribution in [0, 0.1) is 0 Å². The molecule has 0 saturated carbocycles. The Balaban J connectivity index is -0.0000000800. The zero-order valence-electron chi connectivity index (χ0n) is 3.58. The molecule has 6 heteroatoms. The van der Waals surface area contributed by atoms with Crippen molar-refractivity contribution in [3.05, 3.63) is 0 Å². The molecule has 0 spiro atoms. The third kappa shape index (κ3) is 104. The fourth-order valence-electron chi connectivity index (χ4n) is 0. The van der Waals surface area contributed by atoms with Gasteiger partial charge in [0.05, 0.1) is 0 Å². The van der Waals surface area contributed by atoms with E-state index in [1.54, 1.807) is 0 Å². The van der Waals surface area contributed by atoms with Crippen LogP contribution in [-0.2, 0) is 26.3 Å². The van der Waals surface area contributed by atoms with Crippen LogP contribution < -0.4 is 14.7 Å². The molecule has 0 atom stereocenters. The van der Waals surface area contributed by atoms with Gasteiger partial charge in [0.1, 0.15) is 0 Å². The fraction of sp³-hybridized carbons (Fsp3) is 0. The summed E-state index contributed by atoms with van der Waals surface area (Å²) in [5.74, 6) is 0. The van der Waals surface area contributed by atoms with Gasteiger partial charge in [0.25, 0.3) is 0 Å². The summed E-state index contributed by atoms with van der Waals surface area (Å²) in [5, 5.41) is 0. The second kappa shape index (κ2) is 2.91. The first kappa shape index (κ1) is 9.95. The molecule has 0 amide bonds. The monoisotopic (exact) mass is 144 g/mol. The average Bonchev–Trinajstić information content (AvgIpc) is 0.722. The molecule has 0 aromatic rings. The second-order valence-corrected chi connectivity index (χ2v) is 1.34. The van der Waals surface area contributed by atoms with Gasteiger partial charge in [-0.25, -0.2) is 0 Å². The maximum Gasteiger partial charge on any atom is 4.00 e. The maximum atomic E-state index is 8.55. The van der Waals surface area contributed by atoms with E-state index in [0.717, 1.165) is 0 Å². The molecule has 0 aliphatic carbocycles. The number of phosphoric acid groups is 1. The van der Waals surface area contributed by atoms with E-state index in [-0.39, 0.29) is 23.1 Å². The normalized spacial score (nSPS) is 9.83. The summed E-state index contributed by atoms with van der Waals surface area (Å²) in [6.45, 7) is 0. The van der Waals surface area contributed by atoms with Gasteiger partial charge in [-0.1, -0.05) is 0 Å². The summed E-state index contributed by atoms with van der Waals surface area (Å²) in [6.07, 6.45) is 0. The van der Waals surface area contributed by atoms with Crippen molar-refractivity contribution in [2.45, 2.75) is 0 Å². The molecular weight excluding hydrogens is 143 g/mol. The Labute approximate surface area is 50.8 Å². The summed E-state index contributed by atoms with van der Waals surface area (Å²) < 4.78 is 8.55. The van der Waals surface area contributed by atoms with Crippen molar-refractivity contribution >= 4 is 7.82 Å². The van der Waals surface area contributed by atoms with Gasteiger partial charge in [0.2, 0.25) is 0 Å². The smallest absolute Gasteiger partial charge is 0.822 e. The Kier molecular flexibility index (Phi) is 4.83. The van der Waals surface area contributed by atoms with Gasteiger partial charge in [0.15, 0.2) is 0 Å². The molecule has 0 fully saturated rings. The van der Waals surface area contributed by atoms with Crippen LogP contribution in [0.1, 0.15) is 1.43 Å². The van der Waals surface area contributed by atoms with E-state index in [0.29, 0.717) is 0 Å². The van der Waals surface area contributed by atoms with Crippen LogP contribution in [-0.4, -0.2) is 0 Å². The fourth-order valence-corrected chi connectivity index (χ4v) is 0. The summed E-state index contributed by atoms with van der Waals surface area (Å²) in [4.78, 5) is 25.6. The molecule has 0 unspecified atom stereocenters. The zero-order valence-corrected chi connectivity index (χ0v) is 5.04. The molecule has 0 radical (unpaired) electrons. The third-order valence-electron chi connectivity index (χ3n) is 0. The van der Waals surface area contributed by atoms with E-state index < -0.39 is 7.82 Å². The third-order valence-corrected chi connectivity index (χ3v) is 0. The van der Waals surface area contributed by atoms with Crippen molar-refractivity contribution < 1.29 is 42.4 Å². The van der Waals surface area contributed by atoms with E-state index >= 15 is 0 Å². The minimum Gasteiger partial charge on any atom is -0.822 e. The first-order chi connectivity index (χ1) is 2.00. The van der Waals surface area contributed by atoms with E-state index in [9.17, 15) is 0 Å². The van der Waals surface area contributed by atoms with E-state index in [2.05, 4.69) is 0 Å². The quantitative estimate of drug-likeness (QED) is 0.273. The Morgan fingerprint density at radius 1 is 1.33 bits per heavy atom. The van der Waals surface area contributed by atoms with Crippen LogP contribution in [0.3, 0.4) is 0 Å². The van der Waals surface area contributed by atoms with Gasteiger partial charge >= 0.3 is 23.1 Å². The molecular formula is HO4PTi+2. The second-order valence-electron chi connectivity index (χ2n) is 0.447. The summed E-state index contributed by atoms with van der Waals surface area (Å²) >= 11 is 0. The summed E-state index contributed by atoms with van der Waals surface area (Å²) in [5.41, 5.74) is 0. The van der Waals surface area contributed by atoms with E-state index in [1.807, 2.05) is 0 Å². The summed E-state index contributed by atoms with van der Waals surface area (Å²) in [7, 11) is -5.39. The van der Waals surface area contributed by atoms with Gasteiger partial charge < -0.3 is 19.2 Å². The number of rotatable bonds is 0. The number of hydrogen-bond acceptors (Lipinski definition) is 4. The minimum absolute atomic E-state index is 0. The van der Waals surface area contributed by atoms with Gasteiger partial charge in [-0.2, -0.15) is 7.82 Å². The van der Waals surface area contributed by atoms with Crippen LogP contribution in [0.4, 0.5) is 0 Å². The van der Waals surface area contributed by atoms with Crippen molar-refractivity contribution in [3.63, 3.8) is 0 Å². The van der Waals surface area contributed by atoms with Crippen LogP contribution in [0.2, 0.25) is 0 Å². The zero-order chi connectivity index (χ0) is 4.50. The molecule has 0 aromatic heterocycles. The Hall–Kier alpha value is 0.824. The largest absolute Gasteiger partial charge is 4.00 e. The minimum atomic E-state index is -5.39. The molecule has 32 valence electrons. The molecule has 4 nitrogen and oxygen atoms in total. The predicted molar refractivity (Wildman–Crippen MR) is 8.72 cm³/mol. The van der Waals surface area contributed by atoms with Crippen LogP contribution in [0.15, 0.2) is 0 Å². The first-order valence-electron chi connectivity index (χ1n) is 0.730. The van der Waals surface area contributed by atoms with Crippen molar-refractivity contribution in [2.75, 3.05) is 0 Å². The number of hydrogen-bond donors (Lipinski definition) is 0. The van der Waals surface area contributed by atoms with Gasteiger partial charge in [0, 0.05) is 0 Å². The van der Waals surface area contributed by atoms with Gasteiger partial charge in [-0.05, 0) is 0 Å². The first-order valence-corrected chi connectivity index (χ1v) is 2.19. The van der Waals surface area contributed by atoms with Crippen LogP contribution in [0.5, 0.6) is 0 Å². The van der Waals surface area contributed by atoms with Crippen molar-refractivity contribution in [3.8, 4) is 0 Å². The van der Waals surface area contributed by atoms with Crippen molar-refractivity contribution in [1.82, 2.24) is 0 Å². The molecule has 0 heterocycles.